The molecule has 0 unspecified atom stereocenters. The van der Waals surface area contributed by atoms with Gasteiger partial charge in [-0.2, -0.15) is 0 Å². The first-order valence-corrected chi connectivity index (χ1v) is 18.5. The van der Waals surface area contributed by atoms with Crippen LogP contribution in [0.4, 0.5) is 0 Å². The van der Waals surface area contributed by atoms with Crippen molar-refractivity contribution in [2.75, 3.05) is 26.7 Å². The second-order valence-corrected chi connectivity index (χ2v) is 14.4. The molecule has 0 aromatic heterocycles. The van der Waals surface area contributed by atoms with Crippen LogP contribution in [0.15, 0.2) is 60.7 Å². The van der Waals surface area contributed by atoms with Crippen molar-refractivity contribution in [2.24, 2.45) is 0 Å². The maximum Gasteiger partial charge on any atom is 0.246 e. The number of nitrogens with zero attached hydrogens (tertiary/aromatic N) is 4. The molecule has 2 N–H and O–H groups in total. The van der Waals surface area contributed by atoms with Crippen molar-refractivity contribution in [3.05, 3.63) is 71.8 Å². The maximum absolute atomic E-state index is 14.6. The highest BCUT2D eigenvalue weighted by Gasteiger charge is 2.45. The lowest BCUT2D eigenvalue weighted by Crippen LogP contribution is -2.63. The number of fused-ring (bicyclic) bond motifs is 3. The van der Waals surface area contributed by atoms with Gasteiger partial charge in [-0.25, -0.2) is 0 Å². The van der Waals surface area contributed by atoms with E-state index in [0.29, 0.717) is 45.3 Å². The summed E-state index contributed by atoms with van der Waals surface area (Å²) in [6, 6.07) is 13.5. The molecule has 51 heavy (non-hydrogen) atoms. The molecule has 2 aromatic carbocycles. The molecule has 4 heterocycles. The minimum absolute atomic E-state index is 0.176. The number of hydrogen-bond acceptors (Lipinski definition) is 6. The largest absolute Gasteiger partial charge is 0.343 e. The number of benzene rings is 2. The van der Waals surface area contributed by atoms with E-state index >= 15 is 0 Å². The molecular weight excluding hydrogens is 648 g/mol. The van der Waals surface area contributed by atoms with E-state index in [1.54, 1.807) is 28.7 Å². The van der Waals surface area contributed by atoms with Crippen LogP contribution in [-0.2, 0) is 41.6 Å². The van der Waals surface area contributed by atoms with Crippen molar-refractivity contribution in [1.82, 2.24) is 30.2 Å². The Bertz CT molecular complexity index is 1600. The Labute approximate surface area is 299 Å². The van der Waals surface area contributed by atoms with Gasteiger partial charge < -0.3 is 30.2 Å². The van der Waals surface area contributed by atoms with Gasteiger partial charge in [-0.15, -0.1) is 0 Å². The maximum atomic E-state index is 14.6. The predicted octanol–water partition coefficient (Wildman–Crippen LogP) is 2.06. The highest BCUT2D eigenvalue weighted by molar-refractivity contribution is 5.98. The van der Waals surface area contributed by atoms with E-state index in [1.165, 1.54) is 4.90 Å². The third-order valence-corrected chi connectivity index (χ3v) is 11.0. The van der Waals surface area contributed by atoms with Crippen LogP contribution in [0, 0.1) is 0 Å². The smallest absolute Gasteiger partial charge is 0.246 e. The predicted molar refractivity (Wildman–Crippen MR) is 190 cm³/mol. The number of rotatable bonds is 4. The molecule has 0 aliphatic carbocycles. The second-order valence-electron chi connectivity index (χ2n) is 14.4. The Balaban J connectivity index is 1.39. The molecule has 12 nitrogen and oxygen atoms in total. The molecule has 4 aliphatic rings. The van der Waals surface area contributed by atoms with E-state index in [2.05, 4.69) is 10.6 Å². The summed E-state index contributed by atoms with van der Waals surface area (Å²) >= 11 is 0. The van der Waals surface area contributed by atoms with Gasteiger partial charge in [-0.05, 0) is 69.4 Å². The summed E-state index contributed by atoms with van der Waals surface area (Å²) in [6.45, 7) is 2.66. The topological polar surface area (TPSA) is 139 Å². The summed E-state index contributed by atoms with van der Waals surface area (Å²) in [5.41, 5.74) is 1.68. The average molecular weight is 699 g/mol. The Morgan fingerprint density at radius 2 is 1.06 bits per heavy atom. The Kier molecular flexibility index (Phi) is 11.4. The molecule has 2 aromatic rings. The van der Waals surface area contributed by atoms with Crippen LogP contribution in [0.1, 0.15) is 69.4 Å². The van der Waals surface area contributed by atoms with Gasteiger partial charge in [0.25, 0.3) is 0 Å². The van der Waals surface area contributed by atoms with Crippen molar-refractivity contribution in [3.63, 3.8) is 0 Å². The quantitative estimate of drug-likeness (QED) is 0.502. The summed E-state index contributed by atoms with van der Waals surface area (Å²) in [7, 11) is 1.62. The van der Waals surface area contributed by atoms with Crippen LogP contribution < -0.4 is 10.6 Å². The van der Waals surface area contributed by atoms with Crippen LogP contribution in [0.3, 0.4) is 0 Å². The molecule has 6 rings (SSSR count). The van der Waals surface area contributed by atoms with Crippen molar-refractivity contribution in [3.8, 4) is 0 Å². The number of nitrogens with one attached hydrogen (secondary N) is 2. The third kappa shape index (κ3) is 7.94. The zero-order valence-electron chi connectivity index (χ0n) is 29.7. The molecule has 6 amide bonds. The van der Waals surface area contributed by atoms with E-state index in [1.807, 2.05) is 60.7 Å². The number of piperidine rings is 2. The highest BCUT2D eigenvalue weighted by Crippen LogP contribution is 2.28. The Hall–Kier alpha value is -4.74. The minimum atomic E-state index is -1.02. The van der Waals surface area contributed by atoms with E-state index < -0.39 is 48.1 Å². The zero-order chi connectivity index (χ0) is 36.1. The minimum Gasteiger partial charge on any atom is -0.343 e. The number of carbonyl (C=O) groups is 6. The first kappa shape index (κ1) is 36.1. The van der Waals surface area contributed by atoms with Gasteiger partial charge in [0.15, 0.2) is 0 Å². The summed E-state index contributed by atoms with van der Waals surface area (Å²) in [5, 5.41) is 5.75. The summed E-state index contributed by atoms with van der Waals surface area (Å²) in [5.74, 6) is -2.29. The zero-order valence-corrected chi connectivity index (χ0v) is 29.7. The number of likely N-dealkylation sites (N-methyl/N-ethyl adjacent to an activating group) is 1. The van der Waals surface area contributed by atoms with Crippen molar-refractivity contribution in [1.29, 1.82) is 0 Å². The standard InChI is InChI=1S/C39H50N6O6/c1-26-36(48)44-21-11-10-19-32(44)38(50)45-22-12-9-18-31(45)37(49)42(2)33(25-28-16-7-4-8-17-28)39(51)43-23-13-20-30(43)35(47)41-29(34(46)40-26)24-27-14-5-3-6-15-27/h3-8,14-17,26,29-33H,9-13,18-25H2,1-2H3,(H,40,46)(H,41,47)/t26-,29+,30-,31-,32+,33-/m0/s1. The second kappa shape index (κ2) is 16.1. The normalized spacial score (nSPS) is 28.7. The fourth-order valence-corrected chi connectivity index (χ4v) is 8.16. The SMILES string of the molecule is C[C@@H]1NC(=O)[C@@H](Cc2ccccc2)NC(=O)[C@@H]2CCCN2C(=O)[C@H](Cc2ccccc2)N(C)C(=O)[C@@H]2CCCCN2C(=O)[C@H]2CCCCN2C1=O. The molecule has 4 saturated heterocycles. The molecule has 4 fully saturated rings. The Morgan fingerprint density at radius 3 is 1.69 bits per heavy atom. The lowest BCUT2D eigenvalue weighted by atomic mass is 9.94. The van der Waals surface area contributed by atoms with Crippen molar-refractivity contribution >= 4 is 35.4 Å². The molecular formula is C39H50N6O6. The molecule has 0 spiro atoms. The van der Waals surface area contributed by atoms with Crippen molar-refractivity contribution in [2.45, 2.75) is 107 Å². The van der Waals surface area contributed by atoms with Crippen LogP contribution in [0.25, 0.3) is 0 Å². The van der Waals surface area contributed by atoms with E-state index in [-0.39, 0.29) is 36.5 Å². The van der Waals surface area contributed by atoms with Crippen LogP contribution in [-0.4, -0.2) is 118 Å². The van der Waals surface area contributed by atoms with Crippen molar-refractivity contribution < 1.29 is 28.8 Å². The summed E-state index contributed by atoms with van der Waals surface area (Å²) < 4.78 is 0. The summed E-state index contributed by atoms with van der Waals surface area (Å²) in [4.78, 5) is 91.7. The average Bonchev–Trinajstić information content (AvgIpc) is 3.66. The molecule has 12 heteroatoms. The van der Waals surface area contributed by atoms with Gasteiger partial charge in [0.05, 0.1) is 0 Å². The van der Waals surface area contributed by atoms with Gasteiger partial charge in [0.2, 0.25) is 35.4 Å². The van der Waals surface area contributed by atoms with Gasteiger partial charge in [0, 0.05) is 39.5 Å². The monoisotopic (exact) mass is 698 g/mol. The molecule has 4 aliphatic heterocycles. The van der Waals surface area contributed by atoms with Crippen LogP contribution in [0.2, 0.25) is 0 Å². The van der Waals surface area contributed by atoms with E-state index in [0.717, 1.165) is 36.8 Å². The molecule has 0 bridgehead atoms. The Morgan fingerprint density at radius 1 is 0.549 bits per heavy atom. The number of hydrogen-bond donors (Lipinski definition) is 2. The van der Waals surface area contributed by atoms with Gasteiger partial charge in [-0.3, -0.25) is 28.8 Å². The lowest BCUT2D eigenvalue weighted by Gasteiger charge is -2.44. The van der Waals surface area contributed by atoms with Gasteiger partial charge >= 0.3 is 0 Å². The van der Waals surface area contributed by atoms with Gasteiger partial charge in [0.1, 0.15) is 36.3 Å². The fraction of sp³-hybridized carbons (Fsp3) is 0.538. The van der Waals surface area contributed by atoms with Gasteiger partial charge in [-0.1, -0.05) is 60.7 Å². The van der Waals surface area contributed by atoms with E-state index in [9.17, 15) is 28.8 Å². The summed E-state index contributed by atoms with van der Waals surface area (Å²) in [6.07, 6.45) is 5.25. The first-order chi connectivity index (χ1) is 24.6. The fourth-order valence-electron chi connectivity index (χ4n) is 8.16. The number of amides is 6. The third-order valence-electron chi connectivity index (χ3n) is 11.0. The lowest BCUT2D eigenvalue weighted by molar-refractivity contribution is -0.158. The van der Waals surface area contributed by atoms with Crippen LogP contribution >= 0.6 is 0 Å². The molecule has 0 radical (unpaired) electrons. The highest BCUT2D eigenvalue weighted by atomic mass is 16.2. The molecule has 272 valence electrons. The molecule has 0 saturated carbocycles. The van der Waals surface area contributed by atoms with Crippen LogP contribution in [0.5, 0.6) is 0 Å². The first-order valence-electron chi connectivity index (χ1n) is 18.5. The molecule has 6 atom stereocenters. The number of carbonyl (C=O) groups excluding carboxylic acids is 6. The van der Waals surface area contributed by atoms with E-state index in [4.69, 9.17) is 0 Å².